The molecule has 0 fully saturated rings. The maximum absolute atomic E-state index is 13.2. The van der Waals surface area contributed by atoms with Crippen LogP contribution in [0.5, 0.6) is 0 Å². The molecule has 0 heterocycles. The van der Waals surface area contributed by atoms with Crippen molar-refractivity contribution in [3.63, 3.8) is 0 Å². The van der Waals surface area contributed by atoms with Crippen LogP contribution in [-0.4, -0.2) is 20.4 Å². The third-order valence-electron chi connectivity index (χ3n) is 4.81. The number of halogens is 6. The summed E-state index contributed by atoms with van der Waals surface area (Å²) >= 11 is 0. The number of amides is 1. The fraction of sp³-hybridized carbons (Fsp3) is 0.174. The molecule has 0 aromatic heterocycles. The van der Waals surface area contributed by atoms with Gasteiger partial charge in [-0.25, -0.2) is 8.42 Å². The average molecular weight is 516 g/mol. The van der Waals surface area contributed by atoms with Gasteiger partial charge in [0.1, 0.15) is 6.04 Å². The van der Waals surface area contributed by atoms with E-state index in [4.69, 9.17) is 0 Å². The van der Waals surface area contributed by atoms with Crippen LogP contribution in [0.1, 0.15) is 16.7 Å². The van der Waals surface area contributed by atoms with Crippen LogP contribution in [-0.2, 0) is 33.6 Å². The Morgan fingerprint density at radius 3 is 1.74 bits per heavy atom. The minimum Gasteiger partial charge on any atom is -0.325 e. The van der Waals surface area contributed by atoms with E-state index in [0.717, 1.165) is 0 Å². The molecule has 12 heteroatoms. The van der Waals surface area contributed by atoms with Crippen LogP contribution < -0.4 is 10.0 Å². The number of sulfonamides is 1. The summed E-state index contributed by atoms with van der Waals surface area (Å²) in [7, 11) is -4.25. The number of nitrogens with one attached hydrogen (secondary N) is 2. The monoisotopic (exact) mass is 516 g/mol. The lowest BCUT2D eigenvalue weighted by Gasteiger charge is -2.20. The Balaban J connectivity index is 1.96. The first-order valence-electron chi connectivity index (χ1n) is 9.97. The third-order valence-corrected chi connectivity index (χ3v) is 6.29. The summed E-state index contributed by atoms with van der Waals surface area (Å²) in [6.07, 6.45) is -10.4. The summed E-state index contributed by atoms with van der Waals surface area (Å²) in [6.45, 7) is 0. The Morgan fingerprint density at radius 2 is 1.26 bits per heavy atom. The van der Waals surface area contributed by atoms with Crippen LogP contribution in [0.2, 0.25) is 0 Å². The van der Waals surface area contributed by atoms with Gasteiger partial charge in [0.05, 0.1) is 16.0 Å². The van der Waals surface area contributed by atoms with Gasteiger partial charge in [-0.2, -0.15) is 31.1 Å². The third kappa shape index (κ3) is 7.06. The normalized spacial score (nSPS) is 13.3. The molecular weight excluding hydrogens is 498 g/mol. The van der Waals surface area contributed by atoms with E-state index in [2.05, 4.69) is 4.72 Å². The highest BCUT2D eigenvalue weighted by Gasteiger charge is 2.37. The second-order valence-electron chi connectivity index (χ2n) is 7.46. The molecule has 5 nitrogen and oxygen atoms in total. The Labute approximate surface area is 196 Å². The average Bonchev–Trinajstić information content (AvgIpc) is 2.78. The molecule has 0 radical (unpaired) electrons. The van der Waals surface area contributed by atoms with Gasteiger partial charge in [0.25, 0.3) is 0 Å². The van der Waals surface area contributed by atoms with Crippen LogP contribution in [0.25, 0.3) is 0 Å². The standard InChI is InChI=1S/C23H18F6N2O3S/c24-22(25,26)16-12-17(23(27,28)29)14-18(13-16)30-21(32)20(11-15-7-3-1-4-8-15)31-35(33,34)19-9-5-2-6-10-19/h1-10,12-14,20,31H,11H2,(H,30,32)/t20-/m0/s1. The van der Waals surface area contributed by atoms with Crippen molar-refractivity contribution in [2.75, 3.05) is 5.32 Å². The number of rotatable bonds is 7. The zero-order chi connectivity index (χ0) is 25.9. The molecular formula is C23H18F6N2O3S. The molecule has 0 aliphatic heterocycles. The number of alkyl halides is 6. The lowest BCUT2D eigenvalue weighted by Crippen LogP contribution is -2.45. The maximum Gasteiger partial charge on any atom is 0.416 e. The van der Waals surface area contributed by atoms with Gasteiger partial charge in [0.2, 0.25) is 15.9 Å². The highest BCUT2D eigenvalue weighted by molar-refractivity contribution is 7.89. The molecule has 2 N–H and O–H groups in total. The molecule has 186 valence electrons. The van der Waals surface area contributed by atoms with Gasteiger partial charge in [-0.15, -0.1) is 0 Å². The van der Waals surface area contributed by atoms with Gasteiger partial charge < -0.3 is 5.32 Å². The molecule has 1 atom stereocenters. The fourth-order valence-corrected chi connectivity index (χ4v) is 4.37. The predicted octanol–water partition coefficient (Wildman–Crippen LogP) is 5.25. The minimum absolute atomic E-state index is 0.0742. The molecule has 0 aliphatic carbocycles. The van der Waals surface area contributed by atoms with Crippen molar-refractivity contribution in [3.05, 3.63) is 95.6 Å². The smallest absolute Gasteiger partial charge is 0.325 e. The van der Waals surface area contributed by atoms with Gasteiger partial charge in [-0.3, -0.25) is 4.79 Å². The second kappa shape index (κ2) is 10.1. The minimum atomic E-state index is -5.11. The van der Waals surface area contributed by atoms with E-state index in [1.165, 1.54) is 24.3 Å². The second-order valence-corrected chi connectivity index (χ2v) is 9.17. The summed E-state index contributed by atoms with van der Waals surface area (Å²) < 4.78 is 107. The Kier molecular flexibility index (Phi) is 7.56. The summed E-state index contributed by atoms with van der Waals surface area (Å²) in [4.78, 5) is 12.8. The molecule has 1 amide bonds. The number of anilines is 1. The van der Waals surface area contributed by atoms with Crippen molar-refractivity contribution < 1.29 is 39.6 Å². The lowest BCUT2D eigenvalue weighted by atomic mass is 10.1. The topological polar surface area (TPSA) is 75.3 Å². The van der Waals surface area contributed by atoms with Gasteiger partial charge in [-0.1, -0.05) is 48.5 Å². The molecule has 0 spiro atoms. The number of hydrogen-bond donors (Lipinski definition) is 2. The largest absolute Gasteiger partial charge is 0.416 e. The molecule has 0 saturated carbocycles. The predicted molar refractivity (Wildman–Crippen MR) is 116 cm³/mol. The maximum atomic E-state index is 13.2. The van der Waals surface area contributed by atoms with E-state index in [9.17, 15) is 39.6 Å². The molecule has 3 aromatic carbocycles. The van der Waals surface area contributed by atoms with E-state index in [1.807, 2.05) is 5.32 Å². The van der Waals surface area contributed by atoms with Gasteiger partial charge >= 0.3 is 12.4 Å². The van der Waals surface area contributed by atoms with E-state index < -0.39 is 51.1 Å². The number of carbonyl (C=O) groups is 1. The molecule has 35 heavy (non-hydrogen) atoms. The molecule has 0 unspecified atom stereocenters. The number of hydrogen-bond acceptors (Lipinski definition) is 3. The van der Waals surface area contributed by atoms with Crippen LogP contribution in [0.15, 0.2) is 83.8 Å². The van der Waals surface area contributed by atoms with Crippen molar-refractivity contribution in [1.82, 2.24) is 4.72 Å². The van der Waals surface area contributed by atoms with Crippen molar-refractivity contribution in [1.29, 1.82) is 0 Å². The Morgan fingerprint density at radius 1 is 0.771 bits per heavy atom. The van der Waals surface area contributed by atoms with Crippen molar-refractivity contribution in [2.45, 2.75) is 29.7 Å². The van der Waals surface area contributed by atoms with Crippen molar-refractivity contribution in [2.24, 2.45) is 0 Å². The van der Waals surface area contributed by atoms with Crippen molar-refractivity contribution in [3.8, 4) is 0 Å². The first-order chi connectivity index (χ1) is 16.3. The SMILES string of the molecule is O=C(Nc1cc(C(F)(F)F)cc(C(F)(F)F)c1)[C@H](Cc1ccccc1)NS(=O)(=O)c1ccccc1. The van der Waals surface area contributed by atoms with Crippen LogP contribution in [0.3, 0.4) is 0 Å². The summed E-state index contributed by atoms with van der Waals surface area (Å²) in [5.41, 5.74) is -3.52. The Bertz CT molecular complexity index is 1250. The van der Waals surface area contributed by atoms with E-state index in [-0.39, 0.29) is 17.4 Å². The van der Waals surface area contributed by atoms with E-state index in [0.29, 0.717) is 17.7 Å². The highest BCUT2D eigenvalue weighted by atomic mass is 32.2. The summed E-state index contributed by atoms with van der Waals surface area (Å²) in [5, 5.41) is 2.00. The summed E-state index contributed by atoms with van der Waals surface area (Å²) in [5.74, 6) is -1.14. The molecule has 3 aromatic rings. The highest BCUT2D eigenvalue weighted by Crippen LogP contribution is 2.37. The fourth-order valence-electron chi connectivity index (χ4n) is 3.15. The Hall–Kier alpha value is -3.38. The number of benzene rings is 3. The summed E-state index contributed by atoms with van der Waals surface area (Å²) in [6, 6.07) is 14.2. The first kappa shape index (κ1) is 26.2. The van der Waals surface area contributed by atoms with E-state index in [1.54, 1.807) is 36.4 Å². The van der Waals surface area contributed by atoms with Crippen LogP contribution in [0, 0.1) is 0 Å². The van der Waals surface area contributed by atoms with Gasteiger partial charge in [0.15, 0.2) is 0 Å². The molecule has 0 aliphatic rings. The molecule has 0 bridgehead atoms. The zero-order valence-electron chi connectivity index (χ0n) is 17.7. The van der Waals surface area contributed by atoms with Gasteiger partial charge in [-0.05, 0) is 42.3 Å². The molecule has 3 rings (SSSR count). The van der Waals surface area contributed by atoms with Crippen molar-refractivity contribution >= 4 is 21.6 Å². The van der Waals surface area contributed by atoms with E-state index >= 15 is 0 Å². The van der Waals surface area contributed by atoms with Gasteiger partial charge in [0, 0.05) is 5.69 Å². The molecule has 0 saturated heterocycles. The van der Waals surface area contributed by atoms with Crippen LogP contribution in [0.4, 0.5) is 32.0 Å². The lowest BCUT2D eigenvalue weighted by molar-refractivity contribution is -0.143. The zero-order valence-corrected chi connectivity index (χ0v) is 18.5. The quantitative estimate of drug-likeness (QED) is 0.421. The van der Waals surface area contributed by atoms with Crippen LogP contribution >= 0.6 is 0 Å². The number of carbonyl (C=O) groups excluding carboxylic acids is 1. The first-order valence-corrected chi connectivity index (χ1v) is 11.5.